The molecule has 1 aromatic carbocycles. The van der Waals surface area contributed by atoms with Crippen LogP contribution in [-0.2, 0) is 17.8 Å². The van der Waals surface area contributed by atoms with Crippen LogP contribution < -0.4 is 5.56 Å². The van der Waals surface area contributed by atoms with Gasteiger partial charge in [0.2, 0.25) is 0 Å². The second-order valence-corrected chi connectivity index (χ2v) is 4.25. The van der Waals surface area contributed by atoms with Crippen LogP contribution >= 0.6 is 0 Å². The zero-order chi connectivity index (χ0) is 13.8. The van der Waals surface area contributed by atoms with E-state index in [2.05, 4.69) is 5.10 Å². The van der Waals surface area contributed by atoms with Gasteiger partial charge in [-0.1, -0.05) is 12.1 Å². The maximum atomic E-state index is 11.9. The van der Waals surface area contributed by atoms with Gasteiger partial charge in [-0.3, -0.25) is 9.59 Å². The summed E-state index contributed by atoms with van der Waals surface area (Å²) in [6, 6.07) is 6.54. The maximum Gasteiger partial charge on any atom is 0.303 e. The number of carboxylic acid groups (broad SMARTS) is 1. The molecular formula is C13H14N2O4. The molecule has 0 aliphatic heterocycles. The molecule has 1 heterocycles. The number of phenols is 1. The van der Waals surface area contributed by atoms with Gasteiger partial charge >= 0.3 is 5.97 Å². The minimum Gasteiger partial charge on any atom is -0.508 e. The summed E-state index contributed by atoms with van der Waals surface area (Å²) in [5.41, 5.74) is 1.11. The fourth-order valence-electron chi connectivity index (χ4n) is 1.77. The summed E-state index contributed by atoms with van der Waals surface area (Å²) < 4.78 is 1.41. The maximum absolute atomic E-state index is 11.9. The van der Waals surface area contributed by atoms with Gasteiger partial charge in [0.1, 0.15) is 5.75 Å². The van der Waals surface area contributed by atoms with Gasteiger partial charge in [0, 0.05) is 18.2 Å². The molecule has 3 N–H and O–H groups in total. The predicted octanol–water partition coefficient (Wildman–Crippen LogP) is 0.947. The number of benzene rings is 1. The van der Waals surface area contributed by atoms with Crippen molar-refractivity contribution >= 4 is 5.97 Å². The molecule has 0 saturated carbocycles. The quantitative estimate of drug-likeness (QED) is 0.747. The van der Waals surface area contributed by atoms with Gasteiger partial charge in [0.15, 0.2) is 0 Å². The molecule has 0 bridgehead atoms. The summed E-state index contributed by atoms with van der Waals surface area (Å²) in [4.78, 5) is 22.4. The average Bonchev–Trinajstić information content (AvgIpc) is 2.71. The van der Waals surface area contributed by atoms with Crippen LogP contribution in [0, 0.1) is 0 Å². The van der Waals surface area contributed by atoms with Crippen LogP contribution in [0.25, 0.3) is 0 Å². The van der Waals surface area contributed by atoms with Gasteiger partial charge in [0.25, 0.3) is 5.56 Å². The molecule has 100 valence electrons. The zero-order valence-electron chi connectivity index (χ0n) is 10.2. The molecule has 2 rings (SSSR count). The van der Waals surface area contributed by atoms with Crippen LogP contribution in [0.5, 0.6) is 5.75 Å². The molecule has 0 atom stereocenters. The molecule has 0 radical (unpaired) electrons. The van der Waals surface area contributed by atoms with Crippen LogP contribution in [0.3, 0.4) is 0 Å². The Balaban J connectivity index is 2.11. The Morgan fingerprint density at radius 3 is 2.58 bits per heavy atom. The number of H-pyrrole nitrogens is 1. The topological polar surface area (TPSA) is 95.3 Å². The highest BCUT2D eigenvalue weighted by Crippen LogP contribution is 2.10. The summed E-state index contributed by atoms with van der Waals surface area (Å²) in [7, 11) is 0. The highest BCUT2D eigenvalue weighted by Gasteiger charge is 2.08. The Kier molecular flexibility index (Phi) is 3.70. The monoisotopic (exact) mass is 262 g/mol. The van der Waals surface area contributed by atoms with E-state index in [1.54, 1.807) is 24.3 Å². The van der Waals surface area contributed by atoms with E-state index in [1.165, 1.54) is 10.9 Å². The van der Waals surface area contributed by atoms with Crippen LogP contribution in [0.15, 0.2) is 35.3 Å². The largest absolute Gasteiger partial charge is 0.508 e. The molecule has 19 heavy (non-hydrogen) atoms. The highest BCUT2D eigenvalue weighted by atomic mass is 16.4. The van der Waals surface area contributed by atoms with Crippen LogP contribution in [0.4, 0.5) is 0 Å². The first-order valence-corrected chi connectivity index (χ1v) is 5.83. The van der Waals surface area contributed by atoms with E-state index in [4.69, 9.17) is 5.11 Å². The lowest BCUT2D eigenvalue weighted by Gasteiger charge is -2.02. The van der Waals surface area contributed by atoms with Crippen molar-refractivity contribution in [2.45, 2.75) is 19.4 Å². The lowest BCUT2D eigenvalue weighted by molar-refractivity contribution is -0.136. The van der Waals surface area contributed by atoms with E-state index in [9.17, 15) is 14.7 Å². The number of hydrogen-bond acceptors (Lipinski definition) is 3. The number of aromatic amines is 1. The summed E-state index contributed by atoms with van der Waals surface area (Å²) >= 11 is 0. The Morgan fingerprint density at radius 1 is 1.26 bits per heavy atom. The van der Waals surface area contributed by atoms with Gasteiger partial charge in [-0.25, -0.2) is 4.68 Å². The first kappa shape index (κ1) is 12.9. The Bertz CT molecular complexity index is 625. The van der Waals surface area contributed by atoms with E-state index in [1.807, 2.05) is 0 Å². The summed E-state index contributed by atoms with van der Waals surface area (Å²) in [6.07, 6.45) is 1.69. The molecule has 0 aliphatic carbocycles. The molecule has 0 fully saturated rings. The minimum absolute atomic E-state index is 0.0632. The third-order valence-electron chi connectivity index (χ3n) is 2.80. The third kappa shape index (κ3) is 3.25. The van der Waals surface area contributed by atoms with Crippen molar-refractivity contribution in [2.24, 2.45) is 0 Å². The number of hydrogen-bond donors (Lipinski definition) is 3. The number of carboxylic acids is 1. The molecule has 6 nitrogen and oxygen atoms in total. The average molecular weight is 262 g/mol. The van der Waals surface area contributed by atoms with Crippen LogP contribution in [0.1, 0.15) is 17.5 Å². The molecular weight excluding hydrogens is 248 g/mol. The second kappa shape index (κ2) is 5.43. The Hall–Kier alpha value is -2.50. The summed E-state index contributed by atoms with van der Waals surface area (Å²) in [5.74, 6) is -0.754. The van der Waals surface area contributed by atoms with Crippen LogP contribution in [0.2, 0.25) is 0 Å². The fourth-order valence-corrected chi connectivity index (χ4v) is 1.77. The Labute approximate surface area is 108 Å². The highest BCUT2D eigenvalue weighted by molar-refractivity contribution is 5.67. The predicted molar refractivity (Wildman–Crippen MR) is 68.2 cm³/mol. The Morgan fingerprint density at radius 2 is 1.95 bits per heavy atom. The van der Waals surface area contributed by atoms with Gasteiger partial charge in [0.05, 0.1) is 6.54 Å². The number of carbonyl (C=O) groups is 1. The molecule has 2 aromatic rings. The summed E-state index contributed by atoms with van der Waals surface area (Å²) in [5, 5.41) is 20.6. The van der Waals surface area contributed by atoms with Crippen molar-refractivity contribution in [1.82, 2.24) is 9.78 Å². The van der Waals surface area contributed by atoms with Crippen molar-refractivity contribution in [3.63, 3.8) is 0 Å². The van der Waals surface area contributed by atoms with Crippen molar-refractivity contribution in [3.05, 3.63) is 51.9 Å². The molecule has 6 heteroatoms. The first-order valence-electron chi connectivity index (χ1n) is 5.83. The first-order chi connectivity index (χ1) is 9.06. The number of rotatable bonds is 5. The van der Waals surface area contributed by atoms with Gasteiger partial charge in [-0.05, 0) is 24.1 Å². The molecule has 1 aromatic heterocycles. The number of phenolic OH excluding ortho intramolecular Hbond substituents is 1. The van der Waals surface area contributed by atoms with Gasteiger partial charge < -0.3 is 15.3 Å². The fraction of sp³-hybridized carbons (Fsp3) is 0.231. The molecule has 0 spiro atoms. The molecule has 0 saturated heterocycles. The molecule has 0 aliphatic rings. The van der Waals surface area contributed by atoms with E-state index in [0.29, 0.717) is 12.1 Å². The number of aromatic nitrogens is 2. The normalized spacial score (nSPS) is 10.5. The lowest BCUT2D eigenvalue weighted by Crippen LogP contribution is -2.20. The number of aryl methyl sites for hydroxylation is 1. The van der Waals surface area contributed by atoms with E-state index in [0.717, 1.165) is 5.56 Å². The standard InChI is InChI=1S/C13H14N2O4/c16-11-4-1-9(2-5-11)8-15-13(19)10(7-14-15)3-6-12(17)18/h1-2,4-5,7,14,16H,3,6,8H2,(H,17,18). The van der Waals surface area contributed by atoms with Crippen LogP contribution in [-0.4, -0.2) is 26.0 Å². The third-order valence-corrected chi connectivity index (χ3v) is 2.80. The van der Waals surface area contributed by atoms with E-state index in [-0.39, 0.29) is 24.2 Å². The number of aromatic hydroxyl groups is 1. The van der Waals surface area contributed by atoms with Crippen molar-refractivity contribution < 1.29 is 15.0 Å². The van der Waals surface area contributed by atoms with Gasteiger partial charge in [-0.15, -0.1) is 0 Å². The van der Waals surface area contributed by atoms with Gasteiger partial charge in [-0.2, -0.15) is 0 Å². The van der Waals surface area contributed by atoms with Crippen molar-refractivity contribution in [3.8, 4) is 5.75 Å². The number of aliphatic carboxylic acids is 1. The SMILES string of the molecule is O=C(O)CCc1c[nH]n(Cc2ccc(O)cc2)c1=O. The molecule has 0 amide bonds. The number of nitrogens with one attached hydrogen (secondary N) is 1. The van der Waals surface area contributed by atoms with Crippen molar-refractivity contribution in [1.29, 1.82) is 0 Å². The second-order valence-electron chi connectivity index (χ2n) is 4.25. The minimum atomic E-state index is -0.925. The van der Waals surface area contributed by atoms with E-state index < -0.39 is 5.97 Å². The van der Waals surface area contributed by atoms with E-state index >= 15 is 0 Å². The smallest absolute Gasteiger partial charge is 0.303 e. The lowest BCUT2D eigenvalue weighted by atomic mass is 10.2. The van der Waals surface area contributed by atoms with Crippen molar-refractivity contribution in [2.75, 3.05) is 0 Å². The zero-order valence-corrected chi connectivity index (χ0v) is 10.2. The number of nitrogens with zero attached hydrogens (tertiary/aromatic N) is 1. The molecule has 0 unspecified atom stereocenters. The summed E-state index contributed by atoms with van der Waals surface area (Å²) in [6.45, 7) is 0.353.